The molecule has 0 heterocycles. The maximum atomic E-state index is 13.4. The van der Waals surface area contributed by atoms with E-state index < -0.39 is 17.6 Å². The number of ketones is 1. The Hall–Kier alpha value is -2.24. The minimum absolute atomic E-state index is 0.112. The van der Waals surface area contributed by atoms with E-state index in [0.717, 1.165) is 61.6 Å². The van der Waals surface area contributed by atoms with Gasteiger partial charge < -0.3 is 15.5 Å². The van der Waals surface area contributed by atoms with Crippen LogP contribution < -0.4 is 5.32 Å². The second-order valence-electron chi connectivity index (χ2n) is 8.99. The summed E-state index contributed by atoms with van der Waals surface area (Å²) in [6, 6.07) is 5.41. The number of benzene rings is 1. The van der Waals surface area contributed by atoms with E-state index in [9.17, 15) is 19.8 Å². The van der Waals surface area contributed by atoms with Gasteiger partial charge >= 0.3 is 0 Å². The lowest BCUT2D eigenvalue weighted by Gasteiger charge is -2.38. The third kappa shape index (κ3) is 4.42. The Kier molecular flexibility index (Phi) is 6.21. The number of amides is 1. The van der Waals surface area contributed by atoms with Crippen LogP contribution >= 0.6 is 0 Å². The van der Waals surface area contributed by atoms with Gasteiger partial charge in [0.1, 0.15) is 5.60 Å². The number of Topliss-reactive ketones (excluding diaryl/α,β-unsaturated/α-hetero) is 1. The van der Waals surface area contributed by atoms with Crippen molar-refractivity contribution in [2.75, 3.05) is 5.32 Å². The van der Waals surface area contributed by atoms with E-state index in [1.54, 1.807) is 18.2 Å². The molecule has 3 aliphatic rings. The fraction of sp³-hybridized carbons (Fsp3) is 0.520. The van der Waals surface area contributed by atoms with Gasteiger partial charge in [0.25, 0.3) is 5.91 Å². The zero-order chi connectivity index (χ0) is 21.1. The molecule has 0 radical (unpaired) electrons. The summed E-state index contributed by atoms with van der Waals surface area (Å²) in [5.74, 6) is -0.355. The number of aliphatic hydroxyl groups is 2. The van der Waals surface area contributed by atoms with Crippen LogP contribution in [0.3, 0.4) is 0 Å². The van der Waals surface area contributed by atoms with Gasteiger partial charge in [-0.3, -0.25) is 9.59 Å². The first kappa shape index (κ1) is 21.0. The Morgan fingerprint density at radius 2 is 1.93 bits per heavy atom. The minimum Gasteiger partial charge on any atom is -0.389 e. The van der Waals surface area contributed by atoms with Crippen molar-refractivity contribution in [1.82, 2.24) is 0 Å². The van der Waals surface area contributed by atoms with Crippen molar-refractivity contribution in [3.05, 3.63) is 53.1 Å². The highest BCUT2D eigenvalue weighted by atomic mass is 16.3. The molecule has 3 N–H and O–H groups in total. The van der Waals surface area contributed by atoms with Crippen LogP contribution in [-0.2, 0) is 11.2 Å². The number of allylic oxidation sites excluding steroid dienone is 1. The first-order chi connectivity index (χ1) is 14.5. The summed E-state index contributed by atoms with van der Waals surface area (Å²) in [6.07, 6.45) is 12.8. The van der Waals surface area contributed by atoms with E-state index in [1.807, 2.05) is 18.2 Å². The van der Waals surface area contributed by atoms with Crippen LogP contribution in [0.25, 0.3) is 0 Å². The number of aryl methyl sites for hydroxylation is 1. The smallest absolute Gasteiger partial charge is 0.256 e. The highest BCUT2D eigenvalue weighted by Crippen LogP contribution is 2.38. The Labute approximate surface area is 177 Å². The molecule has 0 spiro atoms. The standard InChI is InChI=1S/C25H31NO4/c27-21-10-4-6-17(14-21)16-25(30,19-8-2-1-3-9-19)24(29)26-20-12-13-22-18(15-20)7-5-11-23(22)28/h4,6,12-15,19,21,27,30H,1-3,5,7-11,16H2,(H,26,29). The molecule has 1 amide bonds. The van der Waals surface area contributed by atoms with Gasteiger partial charge in [-0.05, 0) is 67.4 Å². The lowest BCUT2D eigenvalue weighted by atomic mass is 9.73. The van der Waals surface area contributed by atoms with Gasteiger partial charge in [-0.1, -0.05) is 37.5 Å². The minimum atomic E-state index is -1.53. The zero-order valence-electron chi connectivity index (χ0n) is 17.4. The Balaban J connectivity index is 1.57. The molecule has 2 unspecified atom stereocenters. The van der Waals surface area contributed by atoms with Crippen molar-refractivity contribution < 1.29 is 19.8 Å². The summed E-state index contributed by atoms with van der Waals surface area (Å²) in [5, 5.41) is 24.6. The molecule has 5 nitrogen and oxygen atoms in total. The third-order valence-corrected chi connectivity index (χ3v) is 6.78. The largest absolute Gasteiger partial charge is 0.389 e. The van der Waals surface area contributed by atoms with Crippen LogP contribution in [0.2, 0.25) is 0 Å². The predicted octanol–water partition coefficient (Wildman–Crippen LogP) is 4.09. The van der Waals surface area contributed by atoms with E-state index in [0.29, 0.717) is 18.5 Å². The summed E-state index contributed by atoms with van der Waals surface area (Å²) in [7, 11) is 0. The molecule has 1 aromatic carbocycles. The first-order valence-corrected chi connectivity index (χ1v) is 11.2. The molecule has 160 valence electrons. The number of carbonyl (C=O) groups is 2. The molecule has 5 heteroatoms. The summed E-state index contributed by atoms with van der Waals surface area (Å²) < 4.78 is 0. The Morgan fingerprint density at radius 3 is 2.70 bits per heavy atom. The van der Waals surface area contributed by atoms with E-state index in [2.05, 4.69) is 5.32 Å². The summed E-state index contributed by atoms with van der Waals surface area (Å²) in [6.45, 7) is 0. The second-order valence-corrected chi connectivity index (χ2v) is 8.99. The second kappa shape index (κ2) is 8.86. The number of carbonyl (C=O) groups excluding carboxylic acids is 2. The molecule has 2 atom stereocenters. The van der Waals surface area contributed by atoms with Gasteiger partial charge in [0, 0.05) is 24.1 Å². The number of fused-ring (bicyclic) bond motifs is 1. The van der Waals surface area contributed by atoms with Crippen molar-refractivity contribution in [2.24, 2.45) is 5.92 Å². The number of hydrogen-bond donors (Lipinski definition) is 3. The van der Waals surface area contributed by atoms with Gasteiger partial charge in [0.05, 0.1) is 6.10 Å². The average molecular weight is 410 g/mol. The van der Waals surface area contributed by atoms with Crippen LogP contribution in [0.1, 0.15) is 73.7 Å². The van der Waals surface area contributed by atoms with E-state index in [4.69, 9.17) is 0 Å². The molecule has 1 aromatic rings. The van der Waals surface area contributed by atoms with Gasteiger partial charge in [0.15, 0.2) is 5.78 Å². The van der Waals surface area contributed by atoms with Gasteiger partial charge in [-0.2, -0.15) is 0 Å². The molecular weight excluding hydrogens is 378 g/mol. The molecule has 3 aliphatic carbocycles. The summed E-state index contributed by atoms with van der Waals surface area (Å²) >= 11 is 0. The number of rotatable bonds is 5. The van der Waals surface area contributed by atoms with E-state index in [1.165, 1.54) is 0 Å². The first-order valence-electron chi connectivity index (χ1n) is 11.2. The van der Waals surface area contributed by atoms with Crippen molar-refractivity contribution in [3.8, 4) is 0 Å². The van der Waals surface area contributed by atoms with Crippen LogP contribution in [0.4, 0.5) is 5.69 Å². The fourth-order valence-electron chi connectivity index (χ4n) is 5.11. The lowest BCUT2D eigenvalue weighted by molar-refractivity contribution is -0.141. The number of anilines is 1. The quantitative estimate of drug-likeness (QED) is 0.684. The number of hydrogen-bond acceptors (Lipinski definition) is 4. The summed E-state index contributed by atoms with van der Waals surface area (Å²) in [5.41, 5.74) is 1.60. The van der Waals surface area contributed by atoms with Crippen molar-refractivity contribution >= 4 is 17.4 Å². The van der Waals surface area contributed by atoms with Crippen molar-refractivity contribution in [1.29, 1.82) is 0 Å². The van der Waals surface area contributed by atoms with Gasteiger partial charge in [-0.15, -0.1) is 0 Å². The maximum absolute atomic E-state index is 13.4. The van der Waals surface area contributed by atoms with Crippen LogP contribution in [0, 0.1) is 5.92 Å². The Bertz CT molecular complexity index is 881. The third-order valence-electron chi connectivity index (χ3n) is 6.78. The Morgan fingerprint density at radius 1 is 1.13 bits per heavy atom. The van der Waals surface area contributed by atoms with Gasteiger partial charge in [-0.25, -0.2) is 0 Å². The van der Waals surface area contributed by atoms with Crippen molar-refractivity contribution in [3.63, 3.8) is 0 Å². The molecule has 0 bridgehead atoms. The van der Waals surface area contributed by atoms with Crippen LogP contribution in [0.5, 0.6) is 0 Å². The average Bonchev–Trinajstić information content (AvgIpc) is 2.74. The SMILES string of the molecule is O=C1CCCc2cc(NC(=O)C(O)(CC3=CC(O)CC=C3)C3CCCCC3)ccc21. The molecule has 0 aliphatic heterocycles. The summed E-state index contributed by atoms with van der Waals surface area (Å²) in [4.78, 5) is 25.5. The number of nitrogens with one attached hydrogen (secondary N) is 1. The molecule has 4 rings (SSSR count). The lowest BCUT2D eigenvalue weighted by Crippen LogP contribution is -2.50. The van der Waals surface area contributed by atoms with Crippen LogP contribution in [-0.4, -0.2) is 33.6 Å². The molecule has 30 heavy (non-hydrogen) atoms. The molecule has 0 aromatic heterocycles. The fourth-order valence-corrected chi connectivity index (χ4v) is 5.11. The van der Waals surface area contributed by atoms with E-state index >= 15 is 0 Å². The van der Waals surface area contributed by atoms with Crippen LogP contribution in [0.15, 0.2) is 42.0 Å². The topological polar surface area (TPSA) is 86.6 Å². The highest BCUT2D eigenvalue weighted by Gasteiger charge is 2.44. The molecule has 0 saturated heterocycles. The zero-order valence-corrected chi connectivity index (χ0v) is 17.4. The van der Waals surface area contributed by atoms with Crippen molar-refractivity contribution in [2.45, 2.75) is 75.9 Å². The van der Waals surface area contributed by atoms with Gasteiger partial charge in [0.2, 0.25) is 0 Å². The molecular formula is C25H31NO4. The highest BCUT2D eigenvalue weighted by molar-refractivity contribution is 6.01. The maximum Gasteiger partial charge on any atom is 0.256 e. The predicted molar refractivity (Wildman–Crippen MR) is 116 cm³/mol. The molecule has 1 saturated carbocycles. The monoisotopic (exact) mass is 409 g/mol. The van der Waals surface area contributed by atoms with E-state index in [-0.39, 0.29) is 18.1 Å². The number of aliphatic hydroxyl groups excluding tert-OH is 1. The molecule has 1 fully saturated rings. The normalized spacial score (nSPS) is 24.0.